The standard InChI is InChI=1S/C70H51N5O/c1-70(2,3)47-39-40-71-65(41-47)74-63-38-37-58-54-26-11-10-25-53(54)56-30-18-31-57-55-27-12-13-32-60(55)75(68(56)57)69(58)66(63)59-36-35-50(43-64(59)74)76-49-24-16-23-48(42-49)72-44-73(62-34-15-14-33-61(62)72)67-51(45-19-6-4-7-20-45)28-17-29-52(67)46-21-8-5-9-22-46/h4-43H,44H2,1-3H3. The summed E-state index contributed by atoms with van der Waals surface area (Å²) in [7, 11) is 0. The number of rotatable bonds is 7. The van der Waals surface area contributed by atoms with Gasteiger partial charge >= 0.3 is 0 Å². The van der Waals surface area contributed by atoms with Gasteiger partial charge in [0, 0.05) is 67.8 Å². The van der Waals surface area contributed by atoms with Crippen molar-refractivity contribution in [3.8, 4) is 67.5 Å². The second-order valence-corrected chi connectivity index (χ2v) is 21.1. The van der Waals surface area contributed by atoms with Crippen LogP contribution in [0.5, 0.6) is 11.5 Å². The number of hydrogen-bond acceptors (Lipinski definition) is 4. The third-order valence-electron chi connectivity index (χ3n) is 15.7. The van der Waals surface area contributed by atoms with Gasteiger partial charge in [0.2, 0.25) is 0 Å². The van der Waals surface area contributed by atoms with Crippen LogP contribution in [0.2, 0.25) is 0 Å². The third kappa shape index (κ3) is 6.77. The monoisotopic (exact) mass is 977 g/mol. The highest BCUT2D eigenvalue weighted by Gasteiger charge is 2.33. The summed E-state index contributed by atoms with van der Waals surface area (Å²) in [6, 6.07) is 85.6. The number of hydrogen-bond donors (Lipinski definition) is 0. The van der Waals surface area contributed by atoms with E-state index in [1.165, 1.54) is 88.6 Å². The van der Waals surface area contributed by atoms with Crippen molar-refractivity contribution in [2.75, 3.05) is 16.5 Å². The van der Waals surface area contributed by atoms with E-state index < -0.39 is 0 Å². The normalized spacial score (nSPS) is 12.8. The topological polar surface area (TPSA) is 38.5 Å². The Morgan fingerprint density at radius 3 is 1.79 bits per heavy atom. The van der Waals surface area contributed by atoms with Gasteiger partial charge in [0.1, 0.15) is 24.0 Å². The molecule has 15 rings (SSSR count). The molecule has 0 spiro atoms. The van der Waals surface area contributed by atoms with E-state index in [4.69, 9.17) is 9.72 Å². The lowest BCUT2D eigenvalue weighted by Gasteiger charge is -2.27. The molecule has 2 aliphatic heterocycles. The van der Waals surface area contributed by atoms with E-state index in [1.54, 1.807) is 0 Å². The lowest BCUT2D eigenvalue weighted by molar-refractivity contribution is 0.483. The van der Waals surface area contributed by atoms with Gasteiger partial charge in [0.15, 0.2) is 0 Å². The van der Waals surface area contributed by atoms with Gasteiger partial charge in [-0.15, -0.1) is 0 Å². The van der Waals surface area contributed by atoms with Crippen LogP contribution in [0.3, 0.4) is 0 Å². The van der Waals surface area contributed by atoms with E-state index in [0.717, 1.165) is 50.8 Å². The molecule has 76 heavy (non-hydrogen) atoms. The van der Waals surface area contributed by atoms with Crippen molar-refractivity contribution in [2.24, 2.45) is 0 Å². The second kappa shape index (κ2) is 17.0. The first-order valence-corrected chi connectivity index (χ1v) is 26.2. The Morgan fingerprint density at radius 2 is 1.03 bits per heavy atom. The molecule has 0 fully saturated rings. The zero-order valence-corrected chi connectivity index (χ0v) is 42.4. The zero-order valence-electron chi connectivity index (χ0n) is 42.4. The molecule has 0 saturated carbocycles. The molecule has 13 aromatic rings. The number of aromatic nitrogens is 3. The van der Waals surface area contributed by atoms with Gasteiger partial charge in [-0.1, -0.05) is 185 Å². The van der Waals surface area contributed by atoms with Gasteiger partial charge in [-0.05, 0) is 93.9 Å². The number of nitrogens with zero attached hydrogens (tertiary/aromatic N) is 5. The van der Waals surface area contributed by atoms with Crippen LogP contribution in [-0.4, -0.2) is 20.8 Å². The maximum Gasteiger partial charge on any atom is 0.137 e. The number of para-hydroxylation sites is 5. The fourth-order valence-corrected chi connectivity index (χ4v) is 12.3. The first-order chi connectivity index (χ1) is 37.4. The number of pyridine rings is 1. The molecule has 0 amide bonds. The van der Waals surface area contributed by atoms with Gasteiger partial charge in [-0.25, -0.2) is 4.98 Å². The van der Waals surface area contributed by atoms with Crippen LogP contribution in [0.1, 0.15) is 26.3 Å². The fourth-order valence-electron chi connectivity index (χ4n) is 12.3. The molecule has 10 aromatic carbocycles. The quantitative estimate of drug-likeness (QED) is 0.160. The first-order valence-electron chi connectivity index (χ1n) is 26.2. The number of anilines is 4. The average molecular weight is 978 g/mol. The predicted octanol–water partition coefficient (Wildman–Crippen LogP) is 18.6. The lowest BCUT2D eigenvalue weighted by atomic mass is 9.88. The van der Waals surface area contributed by atoms with Crippen LogP contribution in [0.25, 0.3) is 99.6 Å². The van der Waals surface area contributed by atoms with Gasteiger partial charge in [-0.2, -0.15) is 0 Å². The Bertz CT molecular complexity index is 4410. The summed E-state index contributed by atoms with van der Waals surface area (Å²) in [4.78, 5) is 10.0. The largest absolute Gasteiger partial charge is 0.457 e. The summed E-state index contributed by atoms with van der Waals surface area (Å²) in [6.07, 6.45) is 1.96. The highest BCUT2D eigenvalue weighted by Crippen LogP contribution is 2.53. The first kappa shape index (κ1) is 43.9. The van der Waals surface area contributed by atoms with Crippen LogP contribution >= 0.6 is 0 Å². The second-order valence-electron chi connectivity index (χ2n) is 21.1. The summed E-state index contributed by atoms with van der Waals surface area (Å²) < 4.78 is 11.9. The molecule has 0 bridgehead atoms. The molecule has 0 radical (unpaired) electrons. The minimum Gasteiger partial charge on any atom is -0.457 e. The van der Waals surface area contributed by atoms with Crippen molar-refractivity contribution in [3.05, 3.63) is 248 Å². The number of benzene rings is 10. The van der Waals surface area contributed by atoms with Crippen LogP contribution in [0, 0.1) is 0 Å². The lowest BCUT2D eigenvalue weighted by Crippen LogP contribution is -2.24. The van der Waals surface area contributed by atoms with Crippen LogP contribution in [0.15, 0.2) is 243 Å². The Balaban J connectivity index is 0.887. The Hall–Kier alpha value is -9.65. The van der Waals surface area contributed by atoms with E-state index >= 15 is 0 Å². The highest BCUT2D eigenvalue weighted by molar-refractivity contribution is 6.22. The molecular formula is C70H51N5O. The van der Waals surface area contributed by atoms with Crippen LogP contribution < -0.4 is 14.5 Å². The zero-order chi connectivity index (χ0) is 50.6. The molecule has 0 saturated heterocycles. The molecule has 6 nitrogen and oxygen atoms in total. The van der Waals surface area contributed by atoms with Crippen LogP contribution in [-0.2, 0) is 5.41 Å². The predicted molar refractivity (Wildman–Crippen MR) is 315 cm³/mol. The minimum atomic E-state index is -0.0851. The van der Waals surface area contributed by atoms with Crippen molar-refractivity contribution < 1.29 is 4.74 Å². The summed E-state index contributed by atoms with van der Waals surface area (Å²) in [5.41, 5.74) is 20.9. The molecule has 5 heterocycles. The van der Waals surface area contributed by atoms with Crippen molar-refractivity contribution in [1.82, 2.24) is 14.1 Å². The minimum absolute atomic E-state index is 0.0851. The van der Waals surface area contributed by atoms with E-state index in [-0.39, 0.29) is 5.41 Å². The van der Waals surface area contributed by atoms with Gasteiger partial charge in [-0.3, -0.25) is 4.57 Å². The van der Waals surface area contributed by atoms with E-state index in [9.17, 15) is 0 Å². The van der Waals surface area contributed by atoms with E-state index in [0.29, 0.717) is 6.67 Å². The molecule has 6 heteroatoms. The Kier molecular flexibility index (Phi) is 9.79. The molecule has 362 valence electrons. The highest BCUT2D eigenvalue weighted by atomic mass is 16.5. The van der Waals surface area contributed by atoms with Crippen molar-refractivity contribution in [2.45, 2.75) is 26.2 Å². The van der Waals surface area contributed by atoms with Crippen molar-refractivity contribution in [1.29, 1.82) is 0 Å². The maximum atomic E-state index is 7.04. The van der Waals surface area contributed by atoms with Crippen molar-refractivity contribution >= 4 is 66.4 Å². The third-order valence-corrected chi connectivity index (χ3v) is 15.7. The average Bonchev–Trinajstić information content (AvgIpc) is 4.10. The molecule has 0 unspecified atom stereocenters. The van der Waals surface area contributed by atoms with Crippen LogP contribution in [0.4, 0.5) is 22.7 Å². The summed E-state index contributed by atoms with van der Waals surface area (Å²) >= 11 is 0. The molecule has 0 N–H and O–H groups in total. The number of ether oxygens (including phenoxy) is 1. The van der Waals surface area contributed by atoms with Crippen molar-refractivity contribution in [3.63, 3.8) is 0 Å². The molecular weight excluding hydrogens is 927 g/mol. The molecule has 0 atom stereocenters. The summed E-state index contributed by atoms with van der Waals surface area (Å²) in [5.74, 6) is 2.36. The van der Waals surface area contributed by atoms with E-state index in [1.807, 2.05) is 6.20 Å². The smallest absolute Gasteiger partial charge is 0.137 e. The van der Waals surface area contributed by atoms with E-state index in [2.05, 4.69) is 276 Å². The summed E-state index contributed by atoms with van der Waals surface area (Å²) in [5, 5.41) is 4.77. The van der Waals surface area contributed by atoms with Gasteiger partial charge in [0.05, 0.1) is 44.8 Å². The SMILES string of the molecule is CC(C)(C)c1ccnc(-n2c3cc(Oc4cccc(N5CN(c6c(-c7ccccc7)cccc6-c6ccccc6)c6ccccc65)c4)ccc3c3c4c(ccc32)-c2ccccc2-c2cccc3c5ccccc5n-4c23)c1. The molecule has 3 aromatic heterocycles. The van der Waals surface area contributed by atoms with Gasteiger partial charge in [0.25, 0.3) is 0 Å². The Labute approximate surface area is 441 Å². The van der Waals surface area contributed by atoms with Gasteiger partial charge < -0.3 is 19.1 Å². The fraction of sp³-hybridized carbons (Fsp3) is 0.0714. The number of fused-ring (bicyclic) bond motifs is 13. The Morgan fingerprint density at radius 1 is 0.408 bits per heavy atom. The maximum absolute atomic E-state index is 7.04. The molecule has 0 aliphatic carbocycles. The molecule has 2 aliphatic rings. The summed E-state index contributed by atoms with van der Waals surface area (Å²) in [6.45, 7) is 7.40.